The van der Waals surface area contributed by atoms with Crippen LogP contribution < -0.4 is 5.32 Å². The van der Waals surface area contributed by atoms with E-state index < -0.39 is 0 Å². The summed E-state index contributed by atoms with van der Waals surface area (Å²) in [5.74, 6) is 1.58. The van der Waals surface area contributed by atoms with Crippen LogP contribution in [0.15, 0.2) is 24.3 Å². The molecule has 6 nitrogen and oxygen atoms in total. The number of rotatable bonds is 4. The third kappa shape index (κ3) is 3.94. The van der Waals surface area contributed by atoms with Crippen molar-refractivity contribution in [2.45, 2.75) is 52.2 Å². The predicted octanol–water partition coefficient (Wildman–Crippen LogP) is 2.65. The van der Waals surface area contributed by atoms with Gasteiger partial charge in [0.05, 0.1) is 23.5 Å². The molecule has 2 aliphatic heterocycles. The summed E-state index contributed by atoms with van der Waals surface area (Å²) in [6, 6.07) is 9.13. The van der Waals surface area contributed by atoms with Crippen LogP contribution in [0.1, 0.15) is 45.5 Å². The second kappa shape index (κ2) is 8.21. The number of hydrogen-bond acceptors (Lipinski definition) is 4. The smallest absolute Gasteiger partial charge is 0.227 e. The maximum Gasteiger partial charge on any atom is 0.227 e. The zero-order valence-corrected chi connectivity index (χ0v) is 17.4. The van der Waals surface area contributed by atoms with Crippen molar-refractivity contribution >= 4 is 16.9 Å². The van der Waals surface area contributed by atoms with Gasteiger partial charge in [-0.3, -0.25) is 9.69 Å². The maximum absolute atomic E-state index is 13.1. The predicted molar refractivity (Wildman–Crippen MR) is 112 cm³/mol. The summed E-state index contributed by atoms with van der Waals surface area (Å²) in [5, 5.41) is 3.43. The van der Waals surface area contributed by atoms with E-state index in [9.17, 15) is 4.79 Å². The van der Waals surface area contributed by atoms with Gasteiger partial charge < -0.3 is 14.8 Å². The highest BCUT2D eigenvalue weighted by atomic mass is 16.2. The third-order valence-electron chi connectivity index (χ3n) is 6.09. The zero-order chi connectivity index (χ0) is 19.7. The van der Waals surface area contributed by atoms with Gasteiger partial charge in [-0.25, -0.2) is 4.98 Å². The largest absolute Gasteiger partial charge is 0.340 e. The van der Waals surface area contributed by atoms with Gasteiger partial charge in [0.2, 0.25) is 5.91 Å². The summed E-state index contributed by atoms with van der Waals surface area (Å²) in [5.41, 5.74) is 2.26. The molecule has 2 saturated heterocycles. The molecule has 0 saturated carbocycles. The van der Waals surface area contributed by atoms with E-state index in [0.29, 0.717) is 18.0 Å². The van der Waals surface area contributed by atoms with Crippen LogP contribution in [0.3, 0.4) is 0 Å². The number of imidazole rings is 1. The highest BCUT2D eigenvalue weighted by Crippen LogP contribution is 2.25. The molecule has 6 heteroatoms. The summed E-state index contributed by atoms with van der Waals surface area (Å²) in [6.45, 7) is 11.9. The molecule has 2 aliphatic rings. The van der Waals surface area contributed by atoms with E-state index in [1.807, 2.05) is 6.07 Å². The van der Waals surface area contributed by atoms with Crippen LogP contribution in [0.5, 0.6) is 0 Å². The molecule has 0 aliphatic carbocycles. The van der Waals surface area contributed by atoms with Crippen LogP contribution in [0.4, 0.5) is 0 Å². The van der Waals surface area contributed by atoms with Crippen LogP contribution in [0, 0.1) is 5.92 Å². The molecule has 1 aromatic carbocycles. The van der Waals surface area contributed by atoms with Crippen LogP contribution in [0.2, 0.25) is 0 Å². The van der Waals surface area contributed by atoms with E-state index in [-0.39, 0.29) is 5.92 Å². The number of para-hydroxylation sites is 2. The molecule has 1 aromatic heterocycles. The van der Waals surface area contributed by atoms with Gasteiger partial charge in [0.15, 0.2) is 0 Å². The van der Waals surface area contributed by atoms with Gasteiger partial charge in [-0.05, 0) is 52.3 Å². The van der Waals surface area contributed by atoms with E-state index >= 15 is 0 Å². The zero-order valence-electron chi connectivity index (χ0n) is 17.4. The summed E-state index contributed by atoms with van der Waals surface area (Å²) in [4.78, 5) is 22.5. The fourth-order valence-electron chi connectivity index (χ4n) is 4.77. The summed E-state index contributed by atoms with van der Waals surface area (Å²) in [6.07, 6.45) is 2.09. The van der Waals surface area contributed by atoms with Gasteiger partial charge in [-0.15, -0.1) is 0 Å². The number of nitrogens with zero attached hydrogens (tertiary/aromatic N) is 4. The number of carbonyl (C=O) groups is 1. The van der Waals surface area contributed by atoms with Crippen molar-refractivity contribution in [2.24, 2.45) is 5.92 Å². The number of aromatic nitrogens is 2. The van der Waals surface area contributed by atoms with Crippen LogP contribution in [-0.2, 0) is 11.3 Å². The topological polar surface area (TPSA) is 53.4 Å². The van der Waals surface area contributed by atoms with E-state index in [1.54, 1.807) is 0 Å². The third-order valence-corrected chi connectivity index (χ3v) is 6.09. The number of hydrogen-bond donors (Lipinski definition) is 1. The Morgan fingerprint density at radius 2 is 2.07 bits per heavy atom. The lowest BCUT2D eigenvalue weighted by Crippen LogP contribution is -2.54. The quantitative estimate of drug-likeness (QED) is 0.882. The Morgan fingerprint density at radius 1 is 1.25 bits per heavy atom. The first-order valence-corrected chi connectivity index (χ1v) is 10.7. The molecule has 152 valence electrons. The Hall–Kier alpha value is -1.92. The highest BCUT2D eigenvalue weighted by Gasteiger charge is 2.31. The van der Waals surface area contributed by atoms with Gasteiger partial charge >= 0.3 is 0 Å². The number of piperidine rings is 1. The fourth-order valence-corrected chi connectivity index (χ4v) is 4.77. The van der Waals surface area contributed by atoms with Gasteiger partial charge in [0.25, 0.3) is 0 Å². The minimum absolute atomic E-state index is 0.121. The fraction of sp³-hybridized carbons (Fsp3) is 0.636. The van der Waals surface area contributed by atoms with Crippen molar-refractivity contribution in [1.29, 1.82) is 0 Å². The van der Waals surface area contributed by atoms with Crippen LogP contribution >= 0.6 is 0 Å². The second-order valence-electron chi connectivity index (χ2n) is 8.69. The van der Waals surface area contributed by atoms with E-state index in [0.717, 1.165) is 63.5 Å². The molecule has 0 spiro atoms. The number of likely N-dealkylation sites (tertiary alicyclic amines) is 1. The van der Waals surface area contributed by atoms with Gasteiger partial charge in [-0.1, -0.05) is 12.1 Å². The standard InChI is InChI=1S/C22H33N5O/c1-16(2)27-20-9-5-4-8-19(20)24-21(27)15-25-11-6-7-18(14-25)22(28)26-12-10-23-17(3)13-26/h4-5,8-9,16-18,23H,6-7,10-15H2,1-3H3/t17-,18-/m0/s1. The summed E-state index contributed by atoms with van der Waals surface area (Å²) < 4.78 is 2.35. The number of benzene rings is 1. The first-order valence-electron chi connectivity index (χ1n) is 10.7. The molecular formula is C22H33N5O. The summed E-state index contributed by atoms with van der Waals surface area (Å²) in [7, 11) is 0. The first-order chi connectivity index (χ1) is 13.5. The Kier molecular flexibility index (Phi) is 5.69. The lowest BCUT2D eigenvalue weighted by atomic mass is 9.96. The maximum atomic E-state index is 13.1. The minimum atomic E-state index is 0.121. The van der Waals surface area contributed by atoms with Crippen molar-refractivity contribution < 1.29 is 4.79 Å². The number of piperazine rings is 1. The number of carbonyl (C=O) groups excluding carboxylic acids is 1. The average molecular weight is 384 g/mol. The van der Waals surface area contributed by atoms with Gasteiger partial charge in [-0.2, -0.15) is 0 Å². The molecule has 0 unspecified atom stereocenters. The van der Waals surface area contributed by atoms with Crippen molar-refractivity contribution in [2.75, 3.05) is 32.7 Å². The van der Waals surface area contributed by atoms with E-state index in [1.165, 1.54) is 5.52 Å². The molecule has 0 bridgehead atoms. The molecule has 2 fully saturated rings. The number of amides is 1. The Balaban J connectivity index is 1.48. The Labute approximate surface area is 167 Å². The van der Waals surface area contributed by atoms with Crippen molar-refractivity contribution in [3.05, 3.63) is 30.1 Å². The molecule has 4 rings (SSSR count). The van der Waals surface area contributed by atoms with Gasteiger partial charge in [0.1, 0.15) is 5.82 Å². The molecule has 0 radical (unpaired) electrons. The monoisotopic (exact) mass is 383 g/mol. The molecule has 28 heavy (non-hydrogen) atoms. The van der Waals surface area contributed by atoms with Crippen molar-refractivity contribution in [3.63, 3.8) is 0 Å². The number of fused-ring (bicyclic) bond motifs is 1. The minimum Gasteiger partial charge on any atom is -0.340 e. The molecule has 2 aromatic rings. The lowest BCUT2D eigenvalue weighted by Gasteiger charge is -2.38. The highest BCUT2D eigenvalue weighted by molar-refractivity contribution is 5.79. The van der Waals surface area contributed by atoms with Crippen molar-refractivity contribution in [1.82, 2.24) is 24.7 Å². The van der Waals surface area contributed by atoms with E-state index in [4.69, 9.17) is 4.98 Å². The normalized spacial score (nSPS) is 24.2. The summed E-state index contributed by atoms with van der Waals surface area (Å²) >= 11 is 0. The molecule has 1 N–H and O–H groups in total. The van der Waals surface area contributed by atoms with Crippen molar-refractivity contribution in [3.8, 4) is 0 Å². The lowest BCUT2D eigenvalue weighted by molar-refractivity contribution is -0.138. The molecule has 1 amide bonds. The molecule has 3 heterocycles. The second-order valence-corrected chi connectivity index (χ2v) is 8.69. The first kappa shape index (κ1) is 19.4. The molecule has 2 atom stereocenters. The van der Waals surface area contributed by atoms with Gasteiger partial charge in [0, 0.05) is 38.3 Å². The van der Waals surface area contributed by atoms with E-state index in [2.05, 4.69) is 58.7 Å². The Morgan fingerprint density at radius 3 is 2.86 bits per heavy atom. The SMILES string of the molecule is CC(C)n1c(CN2CCC[C@H](C(=O)N3CCN[C@@H](C)C3)C2)nc2ccccc21. The van der Waals surface area contributed by atoms with Crippen LogP contribution in [0.25, 0.3) is 11.0 Å². The molecular weight excluding hydrogens is 350 g/mol. The van der Waals surface area contributed by atoms with Crippen LogP contribution in [-0.4, -0.2) is 64.0 Å². The Bertz CT molecular complexity index is 829. The number of nitrogens with one attached hydrogen (secondary N) is 1. The average Bonchev–Trinajstić information content (AvgIpc) is 3.05.